The number of ether oxygens (including phenoxy) is 1. The van der Waals surface area contributed by atoms with E-state index in [1.807, 2.05) is 18.2 Å². The summed E-state index contributed by atoms with van der Waals surface area (Å²) in [6.07, 6.45) is -0.698. The molecule has 0 fully saturated rings. The van der Waals surface area contributed by atoms with E-state index in [2.05, 4.69) is 21.2 Å². The summed E-state index contributed by atoms with van der Waals surface area (Å²) in [5.41, 5.74) is 0.681. The van der Waals surface area contributed by atoms with Gasteiger partial charge in [0.15, 0.2) is 6.10 Å². The van der Waals surface area contributed by atoms with Crippen LogP contribution in [0, 0.1) is 0 Å². The molecule has 0 saturated heterocycles. The fourth-order valence-electron chi connectivity index (χ4n) is 1.61. The number of para-hydroxylation sites is 1. The number of halogens is 3. The third kappa shape index (κ3) is 4.37. The molecule has 6 heteroatoms. The van der Waals surface area contributed by atoms with Crippen molar-refractivity contribution in [3.8, 4) is 5.75 Å². The number of anilines is 1. The van der Waals surface area contributed by atoms with Crippen molar-refractivity contribution in [3.05, 3.63) is 57.0 Å². The van der Waals surface area contributed by atoms with Crippen molar-refractivity contribution in [2.24, 2.45) is 0 Å². The zero-order valence-corrected chi connectivity index (χ0v) is 14.2. The molecule has 1 N–H and O–H groups in total. The van der Waals surface area contributed by atoms with Crippen LogP contribution in [0.15, 0.2) is 46.9 Å². The van der Waals surface area contributed by atoms with E-state index in [4.69, 9.17) is 27.9 Å². The Morgan fingerprint density at radius 1 is 1.24 bits per heavy atom. The summed E-state index contributed by atoms with van der Waals surface area (Å²) in [5, 5.41) is 3.66. The Kier molecular flexibility index (Phi) is 5.51. The van der Waals surface area contributed by atoms with Gasteiger partial charge in [0.05, 0.1) is 10.7 Å². The van der Waals surface area contributed by atoms with E-state index < -0.39 is 6.10 Å². The van der Waals surface area contributed by atoms with Crippen molar-refractivity contribution < 1.29 is 9.53 Å². The molecular weight excluding hydrogens is 377 g/mol. The lowest BCUT2D eigenvalue weighted by atomic mass is 10.3. The lowest BCUT2D eigenvalue weighted by Gasteiger charge is -2.16. The van der Waals surface area contributed by atoms with Gasteiger partial charge in [-0.15, -0.1) is 0 Å². The average molecular weight is 389 g/mol. The highest BCUT2D eigenvalue weighted by atomic mass is 79.9. The molecule has 0 radical (unpaired) electrons. The Morgan fingerprint density at radius 3 is 2.62 bits per heavy atom. The van der Waals surface area contributed by atoms with E-state index >= 15 is 0 Å². The largest absolute Gasteiger partial charge is 0.479 e. The molecule has 0 bridgehead atoms. The zero-order valence-electron chi connectivity index (χ0n) is 11.1. The van der Waals surface area contributed by atoms with Gasteiger partial charge in [0.25, 0.3) is 5.91 Å². The molecule has 0 spiro atoms. The lowest BCUT2D eigenvalue weighted by Crippen LogP contribution is -2.30. The van der Waals surface area contributed by atoms with Crippen molar-refractivity contribution in [2.45, 2.75) is 13.0 Å². The first-order valence-electron chi connectivity index (χ1n) is 6.14. The molecule has 0 aliphatic heterocycles. The molecular formula is C15H12BrCl2NO2. The number of hydrogen-bond acceptors (Lipinski definition) is 2. The van der Waals surface area contributed by atoms with E-state index in [1.165, 1.54) is 0 Å². The first kappa shape index (κ1) is 16.1. The maximum atomic E-state index is 12.1. The first-order chi connectivity index (χ1) is 9.97. The van der Waals surface area contributed by atoms with Crippen LogP contribution < -0.4 is 10.1 Å². The summed E-state index contributed by atoms with van der Waals surface area (Å²) in [7, 11) is 0. The third-order valence-electron chi connectivity index (χ3n) is 2.70. The summed E-state index contributed by atoms with van der Waals surface area (Å²) in [4.78, 5) is 12.1. The van der Waals surface area contributed by atoms with Crippen LogP contribution in [-0.2, 0) is 4.79 Å². The molecule has 3 nitrogen and oxygen atoms in total. The number of hydrogen-bond donors (Lipinski definition) is 1. The van der Waals surface area contributed by atoms with Crippen molar-refractivity contribution in [3.63, 3.8) is 0 Å². The van der Waals surface area contributed by atoms with Crippen molar-refractivity contribution >= 4 is 50.7 Å². The second-order valence-corrected chi connectivity index (χ2v) is 6.00. The van der Waals surface area contributed by atoms with Crippen molar-refractivity contribution in [1.82, 2.24) is 0 Å². The minimum Gasteiger partial charge on any atom is -0.479 e. The van der Waals surface area contributed by atoms with Crippen LogP contribution in [0.25, 0.3) is 0 Å². The van der Waals surface area contributed by atoms with Gasteiger partial charge in [-0.2, -0.15) is 0 Å². The van der Waals surface area contributed by atoms with Crippen LogP contribution in [0.2, 0.25) is 10.0 Å². The molecule has 0 aliphatic rings. The molecule has 2 aromatic carbocycles. The molecule has 1 amide bonds. The number of carbonyl (C=O) groups excluding carboxylic acids is 1. The number of amides is 1. The van der Waals surface area contributed by atoms with Crippen LogP contribution in [0.3, 0.4) is 0 Å². The van der Waals surface area contributed by atoms with Crippen molar-refractivity contribution in [2.75, 3.05) is 5.32 Å². The van der Waals surface area contributed by atoms with Gasteiger partial charge < -0.3 is 10.1 Å². The third-order valence-corrected chi connectivity index (χ3v) is 3.92. The second kappa shape index (κ2) is 7.16. The summed E-state index contributed by atoms with van der Waals surface area (Å²) < 4.78 is 6.36. The van der Waals surface area contributed by atoms with E-state index in [-0.39, 0.29) is 5.91 Å². The maximum Gasteiger partial charge on any atom is 0.265 e. The molecule has 1 atom stereocenters. The number of benzene rings is 2. The summed E-state index contributed by atoms with van der Waals surface area (Å²) in [6, 6.07) is 12.2. The first-order valence-corrected chi connectivity index (χ1v) is 7.69. The highest BCUT2D eigenvalue weighted by molar-refractivity contribution is 9.10. The minimum absolute atomic E-state index is 0.270. The standard InChI is InChI=1S/C15H12BrCl2NO2/c1-9(21-14-7-6-10(17)8-12(14)18)15(20)19-13-5-3-2-4-11(13)16/h2-9H,1H3,(H,19,20)/t9-/m1/s1. The van der Waals surface area contributed by atoms with E-state index in [0.717, 1.165) is 4.47 Å². The van der Waals surface area contributed by atoms with E-state index in [9.17, 15) is 4.79 Å². The van der Waals surface area contributed by atoms with Gasteiger partial charge >= 0.3 is 0 Å². The SMILES string of the molecule is C[C@@H](Oc1ccc(Cl)cc1Cl)C(=O)Nc1ccccc1Br. The smallest absolute Gasteiger partial charge is 0.265 e. The average Bonchev–Trinajstić information content (AvgIpc) is 2.44. The van der Waals surface area contributed by atoms with Crippen LogP contribution in [0.4, 0.5) is 5.69 Å². The fraction of sp³-hybridized carbons (Fsp3) is 0.133. The minimum atomic E-state index is -0.698. The summed E-state index contributed by atoms with van der Waals surface area (Å²) in [5.74, 6) is 0.142. The van der Waals surface area contributed by atoms with Crippen LogP contribution in [0.5, 0.6) is 5.75 Å². The number of rotatable bonds is 4. The summed E-state index contributed by atoms with van der Waals surface area (Å²) in [6.45, 7) is 1.65. The maximum absolute atomic E-state index is 12.1. The monoisotopic (exact) mass is 387 g/mol. The second-order valence-electron chi connectivity index (χ2n) is 4.30. The van der Waals surface area contributed by atoms with E-state index in [1.54, 1.807) is 31.2 Å². The molecule has 110 valence electrons. The Hall–Kier alpha value is -1.23. The molecule has 2 rings (SSSR count). The molecule has 0 saturated carbocycles. The Balaban J connectivity index is 2.04. The Labute approximate surface area is 141 Å². The fourth-order valence-corrected chi connectivity index (χ4v) is 2.45. The molecule has 2 aromatic rings. The van der Waals surface area contributed by atoms with Gasteiger partial charge in [-0.05, 0) is 53.2 Å². The molecule has 21 heavy (non-hydrogen) atoms. The quantitative estimate of drug-likeness (QED) is 0.785. The van der Waals surface area contributed by atoms with Crippen molar-refractivity contribution in [1.29, 1.82) is 0 Å². The number of nitrogens with one attached hydrogen (secondary N) is 1. The van der Waals surface area contributed by atoms with Gasteiger partial charge in [0, 0.05) is 9.50 Å². The van der Waals surface area contributed by atoms with Crippen LogP contribution >= 0.6 is 39.1 Å². The van der Waals surface area contributed by atoms with Gasteiger partial charge in [-0.25, -0.2) is 0 Å². The Bertz CT molecular complexity index is 664. The highest BCUT2D eigenvalue weighted by Gasteiger charge is 2.17. The topological polar surface area (TPSA) is 38.3 Å². The van der Waals surface area contributed by atoms with Crippen LogP contribution in [0.1, 0.15) is 6.92 Å². The van der Waals surface area contributed by atoms with Gasteiger partial charge in [-0.1, -0.05) is 35.3 Å². The Morgan fingerprint density at radius 2 is 1.95 bits per heavy atom. The highest BCUT2D eigenvalue weighted by Crippen LogP contribution is 2.28. The van der Waals surface area contributed by atoms with E-state index in [0.29, 0.717) is 21.5 Å². The molecule has 0 heterocycles. The molecule has 0 aromatic heterocycles. The van der Waals surface area contributed by atoms with Gasteiger partial charge in [0.2, 0.25) is 0 Å². The molecule has 0 unspecified atom stereocenters. The van der Waals surface area contributed by atoms with Crippen LogP contribution in [-0.4, -0.2) is 12.0 Å². The lowest BCUT2D eigenvalue weighted by molar-refractivity contribution is -0.122. The number of carbonyl (C=O) groups is 1. The normalized spacial score (nSPS) is 11.8. The predicted octanol–water partition coefficient (Wildman–Crippen LogP) is 5.16. The van der Waals surface area contributed by atoms with Gasteiger partial charge in [0.1, 0.15) is 5.75 Å². The summed E-state index contributed by atoms with van der Waals surface area (Å²) >= 11 is 15.2. The zero-order chi connectivity index (χ0) is 15.4. The van der Waals surface area contributed by atoms with Gasteiger partial charge in [-0.3, -0.25) is 4.79 Å². The molecule has 0 aliphatic carbocycles. The predicted molar refractivity (Wildman–Crippen MR) is 89.3 cm³/mol.